The van der Waals surface area contributed by atoms with Gasteiger partial charge in [-0.25, -0.2) is 4.39 Å². The number of hydrogen-bond acceptors (Lipinski definition) is 2. The number of carbonyl (C=O) groups is 1. The molecule has 3 nitrogen and oxygen atoms in total. The van der Waals surface area contributed by atoms with E-state index in [1.54, 1.807) is 37.3 Å². The van der Waals surface area contributed by atoms with Crippen LogP contribution in [0.3, 0.4) is 0 Å². The predicted octanol–water partition coefficient (Wildman–Crippen LogP) is 5.39. The van der Waals surface area contributed by atoms with Gasteiger partial charge in [0.25, 0.3) is 5.91 Å². The van der Waals surface area contributed by atoms with Crippen molar-refractivity contribution >= 4 is 11.6 Å². The van der Waals surface area contributed by atoms with Gasteiger partial charge in [-0.15, -0.1) is 0 Å². The molecule has 144 valence electrons. The molecule has 0 atom stereocenters. The highest BCUT2D eigenvalue weighted by atomic mass is 19.4. The van der Waals surface area contributed by atoms with Crippen molar-refractivity contribution in [3.8, 4) is 0 Å². The van der Waals surface area contributed by atoms with Crippen molar-refractivity contribution in [3.05, 3.63) is 94.6 Å². The molecule has 7 heteroatoms. The summed E-state index contributed by atoms with van der Waals surface area (Å²) in [5, 5.41) is 2.60. The van der Waals surface area contributed by atoms with Crippen molar-refractivity contribution in [2.75, 3.05) is 5.32 Å². The minimum Gasteiger partial charge on any atom is -0.322 e. The molecule has 0 saturated heterocycles. The highest BCUT2D eigenvalue weighted by Gasteiger charge is 2.33. The van der Waals surface area contributed by atoms with Crippen molar-refractivity contribution < 1.29 is 22.4 Å². The number of nitrogens with zero attached hydrogens (tertiary/aromatic N) is 1. The van der Waals surface area contributed by atoms with E-state index in [-0.39, 0.29) is 17.5 Å². The molecular formula is C21H16F4N2O. The topological polar surface area (TPSA) is 42.0 Å². The van der Waals surface area contributed by atoms with Gasteiger partial charge in [0.05, 0.1) is 11.1 Å². The number of carbonyl (C=O) groups excluding carboxylic acids is 1. The summed E-state index contributed by atoms with van der Waals surface area (Å²) in [6.45, 7) is 1.63. The molecule has 2 aromatic carbocycles. The van der Waals surface area contributed by atoms with Crippen molar-refractivity contribution in [3.63, 3.8) is 0 Å². The summed E-state index contributed by atoms with van der Waals surface area (Å²) in [6, 6.07) is 12.1. The third-order valence-electron chi connectivity index (χ3n) is 4.27. The Morgan fingerprint density at radius 1 is 1.07 bits per heavy atom. The maximum Gasteiger partial charge on any atom is 0.418 e. The number of anilines is 1. The number of hydrogen-bond donors (Lipinski definition) is 1. The van der Waals surface area contributed by atoms with Gasteiger partial charge >= 0.3 is 6.18 Å². The maximum atomic E-state index is 13.9. The van der Waals surface area contributed by atoms with E-state index >= 15 is 0 Å². The smallest absolute Gasteiger partial charge is 0.322 e. The highest BCUT2D eigenvalue weighted by molar-refractivity contribution is 6.05. The molecular weight excluding hydrogens is 372 g/mol. The molecule has 0 saturated carbocycles. The second-order valence-corrected chi connectivity index (χ2v) is 6.29. The van der Waals surface area contributed by atoms with Crippen LogP contribution in [0.4, 0.5) is 23.2 Å². The Kier molecular flexibility index (Phi) is 5.44. The summed E-state index contributed by atoms with van der Waals surface area (Å²) in [6.07, 6.45) is -2.29. The summed E-state index contributed by atoms with van der Waals surface area (Å²) in [7, 11) is 0. The molecule has 1 heterocycles. The zero-order valence-electron chi connectivity index (χ0n) is 14.8. The number of nitrogens with one attached hydrogen (secondary N) is 1. The quantitative estimate of drug-likeness (QED) is 0.609. The Balaban J connectivity index is 1.76. The van der Waals surface area contributed by atoms with Crippen LogP contribution in [-0.4, -0.2) is 10.9 Å². The van der Waals surface area contributed by atoms with Crippen LogP contribution >= 0.6 is 0 Å². The second-order valence-electron chi connectivity index (χ2n) is 6.29. The normalized spacial score (nSPS) is 11.3. The number of rotatable bonds is 4. The molecule has 3 aromatic rings. The number of benzene rings is 2. The van der Waals surface area contributed by atoms with Gasteiger partial charge in [-0.3, -0.25) is 9.78 Å². The van der Waals surface area contributed by atoms with E-state index in [0.29, 0.717) is 16.8 Å². The molecule has 1 aromatic heterocycles. The molecule has 0 aliphatic heterocycles. The fraction of sp³-hybridized carbons (Fsp3) is 0.143. The summed E-state index contributed by atoms with van der Waals surface area (Å²) >= 11 is 0. The van der Waals surface area contributed by atoms with E-state index in [4.69, 9.17) is 0 Å². The molecule has 0 unspecified atom stereocenters. The molecule has 1 amide bonds. The minimum atomic E-state index is -4.48. The van der Waals surface area contributed by atoms with Crippen LogP contribution in [0, 0.1) is 12.7 Å². The first-order chi connectivity index (χ1) is 13.3. The fourth-order valence-corrected chi connectivity index (χ4v) is 2.87. The Hall–Kier alpha value is -3.22. The molecule has 0 aliphatic rings. The number of halogens is 4. The van der Waals surface area contributed by atoms with E-state index in [1.807, 2.05) is 0 Å². The van der Waals surface area contributed by atoms with Crippen molar-refractivity contribution in [1.82, 2.24) is 4.98 Å². The lowest BCUT2D eigenvalue weighted by Gasteiger charge is -2.12. The highest BCUT2D eigenvalue weighted by Crippen LogP contribution is 2.32. The largest absolute Gasteiger partial charge is 0.418 e. The molecule has 0 bridgehead atoms. The monoisotopic (exact) mass is 388 g/mol. The van der Waals surface area contributed by atoms with Gasteiger partial charge in [0.15, 0.2) is 0 Å². The molecule has 0 spiro atoms. The van der Waals surface area contributed by atoms with Crippen molar-refractivity contribution in [2.24, 2.45) is 0 Å². The van der Waals surface area contributed by atoms with Gasteiger partial charge in [-0.2, -0.15) is 13.2 Å². The van der Waals surface area contributed by atoms with Crippen LogP contribution < -0.4 is 5.32 Å². The molecule has 28 heavy (non-hydrogen) atoms. The van der Waals surface area contributed by atoms with Crippen LogP contribution in [0.25, 0.3) is 0 Å². The SMILES string of the molecule is Cc1cccc(F)c1C(=O)Nc1ccc(Cc2ccncc2C(F)(F)F)cc1. The van der Waals surface area contributed by atoms with Crippen LogP contribution in [0.15, 0.2) is 60.9 Å². The van der Waals surface area contributed by atoms with E-state index in [1.165, 1.54) is 24.4 Å². The average Bonchev–Trinajstić information content (AvgIpc) is 2.63. The molecule has 0 fully saturated rings. The first kappa shape index (κ1) is 19.5. The number of aryl methyl sites for hydroxylation is 1. The van der Waals surface area contributed by atoms with E-state index in [9.17, 15) is 22.4 Å². The summed E-state index contributed by atoms with van der Waals surface area (Å²) in [5.41, 5.74) is 0.854. The zero-order chi connectivity index (χ0) is 20.3. The zero-order valence-corrected chi connectivity index (χ0v) is 14.8. The Morgan fingerprint density at radius 2 is 1.79 bits per heavy atom. The Labute approximate surface area is 159 Å². The maximum absolute atomic E-state index is 13.9. The van der Waals surface area contributed by atoms with Crippen LogP contribution in [0.1, 0.15) is 32.6 Å². The third kappa shape index (κ3) is 4.36. The lowest BCUT2D eigenvalue weighted by Crippen LogP contribution is -2.15. The van der Waals surface area contributed by atoms with Crippen molar-refractivity contribution in [2.45, 2.75) is 19.5 Å². The van der Waals surface area contributed by atoms with Gasteiger partial charge in [0, 0.05) is 18.1 Å². The van der Waals surface area contributed by atoms with E-state index < -0.39 is 23.5 Å². The average molecular weight is 388 g/mol. The second kappa shape index (κ2) is 7.80. The molecule has 0 aliphatic carbocycles. The summed E-state index contributed by atoms with van der Waals surface area (Å²) in [5.74, 6) is -1.21. The van der Waals surface area contributed by atoms with Crippen LogP contribution in [-0.2, 0) is 12.6 Å². The number of aromatic nitrogens is 1. The third-order valence-corrected chi connectivity index (χ3v) is 4.27. The molecule has 0 radical (unpaired) electrons. The van der Waals surface area contributed by atoms with Gasteiger partial charge < -0.3 is 5.32 Å². The standard InChI is InChI=1S/C21H16F4N2O/c1-13-3-2-4-18(22)19(13)20(28)27-16-7-5-14(6-8-16)11-15-9-10-26-12-17(15)21(23,24)25/h2-10,12H,11H2,1H3,(H,27,28). The fourth-order valence-electron chi connectivity index (χ4n) is 2.87. The van der Waals surface area contributed by atoms with E-state index in [2.05, 4.69) is 10.3 Å². The summed E-state index contributed by atoms with van der Waals surface area (Å²) in [4.78, 5) is 15.8. The van der Waals surface area contributed by atoms with Gasteiger partial charge in [-0.05, 0) is 54.3 Å². The lowest BCUT2D eigenvalue weighted by atomic mass is 10.0. The van der Waals surface area contributed by atoms with E-state index in [0.717, 1.165) is 6.20 Å². The van der Waals surface area contributed by atoms with Gasteiger partial charge in [-0.1, -0.05) is 24.3 Å². The molecule has 1 N–H and O–H groups in total. The first-order valence-corrected chi connectivity index (χ1v) is 8.41. The number of amides is 1. The van der Waals surface area contributed by atoms with Gasteiger partial charge in [0.1, 0.15) is 5.82 Å². The first-order valence-electron chi connectivity index (χ1n) is 8.41. The summed E-state index contributed by atoms with van der Waals surface area (Å²) < 4.78 is 53.1. The van der Waals surface area contributed by atoms with Crippen molar-refractivity contribution in [1.29, 1.82) is 0 Å². The minimum absolute atomic E-state index is 0.0434. The number of pyridine rings is 1. The van der Waals surface area contributed by atoms with Crippen LogP contribution in [0.5, 0.6) is 0 Å². The Morgan fingerprint density at radius 3 is 2.43 bits per heavy atom. The Bertz CT molecular complexity index is 978. The number of alkyl halides is 3. The van der Waals surface area contributed by atoms with Gasteiger partial charge in [0.2, 0.25) is 0 Å². The molecule has 3 rings (SSSR count). The van der Waals surface area contributed by atoms with Crippen LogP contribution in [0.2, 0.25) is 0 Å². The predicted molar refractivity (Wildman–Crippen MR) is 97.6 cm³/mol. The lowest BCUT2D eigenvalue weighted by molar-refractivity contribution is -0.138.